The minimum absolute atomic E-state index is 0.00803. The lowest BCUT2D eigenvalue weighted by atomic mass is 9.78. The Balaban J connectivity index is 2.13. The molecule has 0 aromatic carbocycles. The van der Waals surface area contributed by atoms with Gasteiger partial charge in [0.1, 0.15) is 0 Å². The van der Waals surface area contributed by atoms with Crippen LogP contribution in [0.15, 0.2) is 0 Å². The van der Waals surface area contributed by atoms with Crippen molar-refractivity contribution in [3.05, 3.63) is 0 Å². The summed E-state index contributed by atoms with van der Waals surface area (Å²) < 4.78 is 28.8. The predicted molar refractivity (Wildman–Crippen MR) is 64.3 cm³/mol. The van der Waals surface area contributed by atoms with Crippen LogP contribution in [0.25, 0.3) is 0 Å². The van der Waals surface area contributed by atoms with Crippen LogP contribution in [0.2, 0.25) is 0 Å². The number of aliphatic hydroxyl groups excluding tert-OH is 1. The topological polar surface area (TPSA) is 89.6 Å². The third-order valence-electron chi connectivity index (χ3n) is 4.07. The van der Waals surface area contributed by atoms with Crippen LogP contribution in [0, 0.1) is 5.41 Å². The summed E-state index contributed by atoms with van der Waals surface area (Å²) in [4.78, 5) is 0. The number of hydrogen-bond acceptors (Lipinski definition) is 5. The summed E-state index contributed by atoms with van der Waals surface area (Å²) in [6.45, 7) is 2.16. The zero-order chi connectivity index (χ0) is 12.7. The third kappa shape index (κ3) is 2.50. The van der Waals surface area contributed by atoms with Crippen molar-refractivity contribution in [3.8, 4) is 0 Å². The first-order valence-corrected chi connectivity index (χ1v) is 7.95. The van der Waals surface area contributed by atoms with Crippen molar-refractivity contribution in [2.45, 2.75) is 44.5 Å². The van der Waals surface area contributed by atoms with Crippen molar-refractivity contribution in [3.63, 3.8) is 0 Å². The lowest BCUT2D eigenvalue weighted by molar-refractivity contribution is -0.0788. The highest BCUT2D eigenvalue weighted by Crippen LogP contribution is 2.39. The molecular weight excluding hydrogens is 242 g/mol. The maximum Gasteiger partial charge on any atom is 0.151 e. The molecule has 4 atom stereocenters. The summed E-state index contributed by atoms with van der Waals surface area (Å²) in [6.07, 6.45) is 1.25. The largest absolute Gasteiger partial charge is 0.390 e. The van der Waals surface area contributed by atoms with E-state index in [1.807, 2.05) is 6.92 Å². The molecule has 0 aliphatic carbocycles. The second kappa shape index (κ2) is 4.50. The molecule has 4 unspecified atom stereocenters. The maximum absolute atomic E-state index is 11.6. The molecule has 0 bridgehead atoms. The molecule has 3 N–H and O–H groups in total. The fourth-order valence-corrected chi connectivity index (χ4v) is 5.09. The van der Waals surface area contributed by atoms with Crippen LogP contribution in [0.4, 0.5) is 0 Å². The summed E-state index contributed by atoms with van der Waals surface area (Å²) in [5.74, 6) is 0.120. The Morgan fingerprint density at radius 1 is 1.53 bits per heavy atom. The molecule has 0 aromatic heterocycles. The van der Waals surface area contributed by atoms with E-state index in [2.05, 4.69) is 0 Å². The molecule has 6 heteroatoms. The molecule has 2 saturated heterocycles. The van der Waals surface area contributed by atoms with Gasteiger partial charge in [-0.05, 0) is 26.2 Å². The molecule has 2 aliphatic rings. The van der Waals surface area contributed by atoms with Crippen molar-refractivity contribution < 1.29 is 18.3 Å². The summed E-state index contributed by atoms with van der Waals surface area (Å²) >= 11 is 0. The van der Waals surface area contributed by atoms with Gasteiger partial charge >= 0.3 is 0 Å². The first-order valence-electron chi connectivity index (χ1n) is 6.13. The Labute approximate surface area is 102 Å². The molecule has 2 rings (SSSR count). The monoisotopic (exact) mass is 263 g/mol. The zero-order valence-electron chi connectivity index (χ0n) is 10.1. The first-order chi connectivity index (χ1) is 7.88. The number of nitrogens with two attached hydrogens (primary N) is 1. The number of sulfone groups is 1. The van der Waals surface area contributed by atoms with Gasteiger partial charge in [0.2, 0.25) is 0 Å². The number of aliphatic hydroxyl groups is 1. The van der Waals surface area contributed by atoms with Gasteiger partial charge in [0.05, 0.1) is 29.8 Å². The summed E-state index contributed by atoms with van der Waals surface area (Å²) in [5, 5.41) is 10.4. The van der Waals surface area contributed by atoms with E-state index in [0.29, 0.717) is 6.42 Å². The van der Waals surface area contributed by atoms with Crippen LogP contribution in [-0.4, -0.2) is 49.9 Å². The Morgan fingerprint density at radius 2 is 2.24 bits per heavy atom. The lowest BCUT2D eigenvalue weighted by Gasteiger charge is -2.35. The average molecular weight is 263 g/mol. The molecule has 0 spiro atoms. The van der Waals surface area contributed by atoms with Gasteiger partial charge in [-0.1, -0.05) is 0 Å². The first kappa shape index (κ1) is 13.3. The second-order valence-corrected chi connectivity index (χ2v) is 7.60. The maximum atomic E-state index is 11.6. The molecule has 0 amide bonds. The van der Waals surface area contributed by atoms with E-state index in [1.165, 1.54) is 0 Å². The fraction of sp³-hybridized carbons (Fsp3) is 1.00. The molecule has 2 fully saturated rings. The van der Waals surface area contributed by atoms with Gasteiger partial charge in [-0.15, -0.1) is 0 Å². The van der Waals surface area contributed by atoms with Crippen molar-refractivity contribution in [1.29, 1.82) is 0 Å². The van der Waals surface area contributed by atoms with E-state index in [-0.39, 0.29) is 30.3 Å². The molecule has 0 radical (unpaired) electrons. The Bertz CT molecular complexity index is 383. The molecular formula is C11H21NO4S. The Kier molecular flexibility index (Phi) is 3.51. The molecule has 0 saturated carbocycles. The minimum Gasteiger partial charge on any atom is -0.390 e. The van der Waals surface area contributed by atoms with E-state index < -0.39 is 21.4 Å². The molecule has 0 aromatic rings. The van der Waals surface area contributed by atoms with Gasteiger partial charge in [0, 0.05) is 12.0 Å². The van der Waals surface area contributed by atoms with Crippen molar-refractivity contribution in [2.75, 3.05) is 18.1 Å². The molecule has 2 heterocycles. The van der Waals surface area contributed by atoms with E-state index in [1.54, 1.807) is 0 Å². The van der Waals surface area contributed by atoms with Crippen LogP contribution in [0.5, 0.6) is 0 Å². The predicted octanol–water partition coefficient (Wildman–Crippen LogP) is -0.322. The summed E-state index contributed by atoms with van der Waals surface area (Å²) in [7, 11) is -3.05. The average Bonchev–Trinajstić information content (AvgIpc) is 2.82. The lowest BCUT2D eigenvalue weighted by Crippen LogP contribution is -2.49. The number of ether oxygens (including phenoxy) is 1. The van der Waals surface area contributed by atoms with Crippen molar-refractivity contribution in [1.82, 2.24) is 0 Å². The van der Waals surface area contributed by atoms with Crippen LogP contribution < -0.4 is 5.73 Å². The van der Waals surface area contributed by atoms with Crippen LogP contribution in [0.3, 0.4) is 0 Å². The third-order valence-corrected chi connectivity index (χ3v) is 5.91. The Hall–Kier alpha value is -0.170. The summed E-state index contributed by atoms with van der Waals surface area (Å²) in [6, 6.07) is 0. The van der Waals surface area contributed by atoms with Gasteiger partial charge < -0.3 is 15.6 Å². The van der Waals surface area contributed by atoms with Crippen LogP contribution >= 0.6 is 0 Å². The van der Waals surface area contributed by atoms with Crippen molar-refractivity contribution in [2.24, 2.45) is 11.1 Å². The highest BCUT2D eigenvalue weighted by molar-refractivity contribution is 7.91. The summed E-state index contributed by atoms with van der Waals surface area (Å²) in [5.41, 5.74) is 5.01. The molecule has 17 heavy (non-hydrogen) atoms. The SMILES string of the molecule is CC1CCC(C(O)C2(CN)CCS(=O)(=O)C2)O1. The minimum atomic E-state index is -3.05. The number of rotatable bonds is 3. The smallest absolute Gasteiger partial charge is 0.151 e. The fourth-order valence-electron chi connectivity index (χ4n) is 2.92. The molecule has 100 valence electrons. The van der Waals surface area contributed by atoms with E-state index in [0.717, 1.165) is 12.8 Å². The highest BCUT2D eigenvalue weighted by atomic mass is 32.2. The van der Waals surface area contributed by atoms with E-state index >= 15 is 0 Å². The van der Waals surface area contributed by atoms with Gasteiger partial charge in [0.15, 0.2) is 9.84 Å². The van der Waals surface area contributed by atoms with Gasteiger partial charge in [0.25, 0.3) is 0 Å². The Morgan fingerprint density at radius 3 is 2.65 bits per heavy atom. The number of hydrogen-bond donors (Lipinski definition) is 2. The van der Waals surface area contributed by atoms with E-state index in [9.17, 15) is 13.5 Å². The quantitative estimate of drug-likeness (QED) is 0.728. The standard InChI is InChI=1S/C11H21NO4S/c1-8-2-3-9(16-8)10(13)11(6-12)4-5-17(14,15)7-11/h8-10,13H,2-7,12H2,1H3. The van der Waals surface area contributed by atoms with Gasteiger partial charge in [-0.3, -0.25) is 0 Å². The van der Waals surface area contributed by atoms with Gasteiger partial charge in [-0.25, -0.2) is 8.42 Å². The normalized spacial score (nSPS) is 42.8. The van der Waals surface area contributed by atoms with Crippen LogP contribution in [0.1, 0.15) is 26.2 Å². The van der Waals surface area contributed by atoms with Gasteiger partial charge in [-0.2, -0.15) is 0 Å². The zero-order valence-corrected chi connectivity index (χ0v) is 10.9. The van der Waals surface area contributed by atoms with Crippen molar-refractivity contribution >= 4 is 9.84 Å². The second-order valence-electron chi connectivity index (χ2n) is 5.42. The highest BCUT2D eigenvalue weighted by Gasteiger charge is 2.50. The van der Waals surface area contributed by atoms with E-state index in [4.69, 9.17) is 10.5 Å². The molecule has 2 aliphatic heterocycles. The van der Waals surface area contributed by atoms with Crippen LogP contribution in [-0.2, 0) is 14.6 Å². The molecule has 5 nitrogen and oxygen atoms in total.